The van der Waals surface area contributed by atoms with Gasteiger partial charge in [-0.2, -0.15) is 0 Å². The van der Waals surface area contributed by atoms with Crippen molar-refractivity contribution in [2.24, 2.45) is 5.92 Å². The lowest BCUT2D eigenvalue weighted by Crippen LogP contribution is -2.43. The summed E-state index contributed by atoms with van der Waals surface area (Å²) in [4.78, 5) is 0. The van der Waals surface area contributed by atoms with Crippen molar-refractivity contribution in [3.63, 3.8) is 0 Å². The molecule has 23 heavy (non-hydrogen) atoms. The number of unbranched alkanes of at least 4 members (excludes halogenated alkanes) is 1. The molecule has 0 bridgehead atoms. The van der Waals surface area contributed by atoms with E-state index in [0.29, 0.717) is 5.92 Å². The molecule has 0 saturated heterocycles. The van der Waals surface area contributed by atoms with E-state index < -0.39 is 8.32 Å². The lowest BCUT2D eigenvalue weighted by molar-refractivity contribution is 0.207. The van der Waals surface area contributed by atoms with E-state index in [0.717, 1.165) is 25.7 Å². The van der Waals surface area contributed by atoms with E-state index in [4.69, 9.17) is 8.84 Å². The molecule has 0 fully saturated rings. The number of hydrogen-bond donors (Lipinski definition) is 0. The molecule has 130 valence electrons. The van der Waals surface area contributed by atoms with E-state index in [1.54, 1.807) is 6.26 Å². The summed E-state index contributed by atoms with van der Waals surface area (Å²) in [6.45, 7) is 15.9. The number of aryl methyl sites for hydroxylation is 1. The van der Waals surface area contributed by atoms with Gasteiger partial charge in [0.15, 0.2) is 8.32 Å². The van der Waals surface area contributed by atoms with Crippen LogP contribution in [0.5, 0.6) is 0 Å². The Kier molecular flexibility index (Phi) is 7.64. The zero-order valence-electron chi connectivity index (χ0n) is 16.0. The summed E-state index contributed by atoms with van der Waals surface area (Å²) >= 11 is 0. The van der Waals surface area contributed by atoms with Gasteiger partial charge in [0.05, 0.1) is 12.5 Å². The Balaban J connectivity index is 2.56. The van der Waals surface area contributed by atoms with Gasteiger partial charge in [0, 0.05) is 6.42 Å². The molecular formula is C20H34O2Si. The van der Waals surface area contributed by atoms with Gasteiger partial charge < -0.3 is 8.84 Å². The highest BCUT2D eigenvalue weighted by Crippen LogP contribution is 2.37. The molecule has 0 amide bonds. The summed E-state index contributed by atoms with van der Waals surface area (Å²) in [6, 6.07) is 2.02. The fraction of sp³-hybridized carbons (Fsp3) is 0.700. The minimum atomic E-state index is -1.76. The SMILES string of the molecule is CC(C)CC(C#CCCCc1ccoc1)O[Si](C)(C)C(C)(C)C. The van der Waals surface area contributed by atoms with Crippen molar-refractivity contribution in [2.45, 2.75) is 84.5 Å². The maximum atomic E-state index is 6.52. The second-order valence-electron chi connectivity index (χ2n) is 8.30. The van der Waals surface area contributed by atoms with Gasteiger partial charge in [-0.15, -0.1) is 5.92 Å². The van der Waals surface area contributed by atoms with Crippen LogP contribution in [0.15, 0.2) is 23.0 Å². The van der Waals surface area contributed by atoms with Crippen molar-refractivity contribution < 1.29 is 8.84 Å². The zero-order chi connectivity index (χ0) is 17.5. The van der Waals surface area contributed by atoms with Crippen LogP contribution in [0, 0.1) is 17.8 Å². The quantitative estimate of drug-likeness (QED) is 0.344. The number of rotatable bonds is 7. The molecule has 1 aromatic heterocycles. The third-order valence-corrected chi connectivity index (χ3v) is 9.03. The Morgan fingerprint density at radius 2 is 1.96 bits per heavy atom. The minimum absolute atomic E-state index is 0.0739. The minimum Gasteiger partial charge on any atom is -0.472 e. The van der Waals surface area contributed by atoms with E-state index in [-0.39, 0.29) is 11.1 Å². The number of furan rings is 1. The van der Waals surface area contributed by atoms with Crippen LogP contribution in [0.3, 0.4) is 0 Å². The molecule has 0 saturated carbocycles. The maximum absolute atomic E-state index is 6.52. The van der Waals surface area contributed by atoms with Crippen LogP contribution in [0.1, 0.15) is 59.4 Å². The molecule has 2 nitrogen and oxygen atoms in total. The van der Waals surface area contributed by atoms with Crippen LogP contribution in [0.2, 0.25) is 18.1 Å². The van der Waals surface area contributed by atoms with Gasteiger partial charge in [0.25, 0.3) is 0 Å². The molecule has 1 rings (SSSR count). The first-order chi connectivity index (χ1) is 10.6. The maximum Gasteiger partial charge on any atom is 0.193 e. The molecular weight excluding hydrogens is 300 g/mol. The second-order valence-corrected chi connectivity index (χ2v) is 13.1. The average Bonchev–Trinajstić information content (AvgIpc) is 2.88. The molecule has 3 heteroatoms. The molecule has 0 aliphatic carbocycles. The van der Waals surface area contributed by atoms with Crippen molar-refractivity contribution in [3.05, 3.63) is 24.2 Å². The first kappa shape index (κ1) is 20.1. The first-order valence-electron chi connectivity index (χ1n) is 8.79. The van der Waals surface area contributed by atoms with Crippen LogP contribution < -0.4 is 0 Å². The van der Waals surface area contributed by atoms with Crippen molar-refractivity contribution in [3.8, 4) is 11.8 Å². The average molecular weight is 335 g/mol. The van der Waals surface area contributed by atoms with Gasteiger partial charge in [-0.3, -0.25) is 0 Å². The predicted octanol–water partition coefficient (Wildman–Crippen LogP) is 6.04. The lowest BCUT2D eigenvalue weighted by atomic mass is 10.1. The van der Waals surface area contributed by atoms with Crippen LogP contribution in [0.25, 0.3) is 0 Å². The standard InChI is InChI=1S/C20H34O2Si/c1-17(2)15-19(22-23(6,7)20(3,4)5)12-10-8-9-11-18-13-14-21-16-18/h13-14,16-17,19H,8-9,11,15H2,1-7H3. The van der Waals surface area contributed by atoms with Gasteiger partial charge in [-0.1, -0.05) is 40.5 Å². The Hall–Kier alpha value is -0.983. The fourth-order valence-corrected chi connectivity index (χ4v) is 3.32. The molecule has 0 aromatic carbocycles. The van der Waals surface area contributed by atoms with Crippen molar-refractivity contribution in [1.29, 1.82) is 0 Å². The van der Waals surface area contributed by atoms with E-state index in [2.05, 4.69) is 59.6 Å². The fourth-order valence-electron chi connectivity index (χ4n) is 2.10. The third-order valence-electron chi connectivity index (χ3n) is 4.54. The molecule has 0 radical (unpaired) electrons. The third kappa shape index (κ3) is 7.41. The Morgan fingerprint density at radius 1 is 1.26 bits per heavy atom. The van der Waals surface area contributed by atoms with E-state index in [9.17, 15) is 0 Å². The van der Waals surface area contributed by atoms with E-state index in [1.165, 1.54) is 5.56 Å². The first-order valence-corrected chi connectivity index (χ1v) is 11.7. The molecule has 1 heterocycles. The molecule has 1 unspecified atom stereocenters. The molecule has 0 aliphatic rings. The Bertz CT molecular complexity index is 498. The molecule has 0 spiro atoms. The molecule has 1 atom stereocenters. The monoisotopic (exact) mass is 334 g/mol. The smallest absolute Gasteiger partial charge is 0.193 e. The number of hydrogen-bond acceptors (Lipinski definition) is 2. The van der Waals surface area contributed by atoms with E-state index >= 15 is 0 Å². The van der Waals surface area contributed by atoms with Gasteiger partial charge in [-0.05, 0) is 54.9 Å². The highest BCUT2D eigenvalue weighted by molar-refractivity contribution is 6.74. The molecule has 1 aromatic rings. The summed E-state index contributed by atoms with van der Waals surface area (Å²) in [7, 11) is -1.76. The second kappa shape index (κ2) is 8.75. The van der Waals surface area contributed by atoms with Gasteiger partial charge in [-0.25, -0.2) is 0 Å². The normalized spacial score (nSPS) is 13.7. The van der Waals surface area contributed by atoms with Crippen LogP contribution in [-0.4, -0.2) is 14.4 Å². The lowest BCUT2D eigenvalue weighted by Gasteiger charge is -2.38. The summed E-state index contributed by atoms with van der Waals surface area (Å²) in [6.07, 6.45) is 7.65. The van der Waals surface area contributed by atoms with E-state index in [1.807, 2.05) is 12.3 Å². The molecule has 0 aliphatic heterocycles. The molecule has 0 N–H and O–H groups in total. The predicted molar refractivity (Wildman–Crippen MR) is 101 cm³/mol. The van der Waals surface area contributed by atoms with Crippen molar-refractivity contribution in [2.75, 3.05) is 0 Å². The summed E-state index contributed by atoms with van der Waals surface area (Å²) < 4.78 is 11.6. The van der Waals surface area contributed by atoms with Crippen LogP contribution >= 0.6 is 0 Å². The van der Waals surface area contributed by atoms with Crippen LogP contribution in [-0.2, 0) is 10.8 Å². The Morgan fingerprint density at radius 3 is 2.48 bits per heavy atom. The van der Waals surface area contributed by atoms with Crippen molar-refractivity contribution in [1.82, 2.24) is 0 Å². The van der Waals surface area contributed by atoms with Crippen LogP contribution in [0.4, 0.5) is 0 Å². The van der Waals surface area contributed by atoms with Gasteiger partial charge in [0.2, 0.25) is 0 Å². The summed E-state index contributed by atoms with van der Waals surface area (Å²) in [5.74, 6) is 7.34. The summed E-state index contributed by atoms with van der Waals surface area (Å²) in [5, 5.41) is 0.227. The Labute approximate surface area is 144 Å². The zero-order valence-corrected chi connectivity index (χ0v) is 17.0. The topological polar surface area (TPSA) is 22.4 Å². The summed E-state index contributed by atoms with van der Waals surface area (Å²) in [5.41, 5.74) is 1.25. The van der Waals surface area contributed by atoms with Gasteiger partial charge in [0.1, 0.15) is 6.10 Å². The van der Waals surface area contributed by atoms with Gasteiger partial charge >= 0.3 is 0 Å². The highest BCUT2D eigenvalue weighted by atomic mass is 28.4. The van der Waals surface area contributed by atoms with Crippen molar-refractivity contribution >= 4 is 8.32 Å². The largest absolute Gasteiger partial charge is 0.472 e. The highest BCUT2D eigenvalue weighted by Gasteiger charge is 2.38.